The molecule has 2 rings (SSSR count). The molecule has 0 spiro atoms. The van der Waals surface area contributed by atoms with Crippen molar-refractivity contribution in [1.29, 1.82) is 0 Å². The summed E-state index contributed by atoms with van der Waals surface area (Å²) in [5.41, 5.74) is 0. The highest BCUT2D eigenvalue weighted by atomic mass is 35.5. The molecule has 2 heterocycles. The molecule has 17 heavy (non-hydrogen) atoms. The molecule has 0 aliphatic carbocycles. The fraction of sp³-hybridized carbons (Fsp3) is 0.333. The molecule has 1 N–H and O–H groups in total. The van der Waals surface area contributed by atoms with E-state index in [9.17, 15) is 0 Å². The molecule has 2 aromatic rings. The van der Waals surface area contributed by atoms with Crippen molar-refractivity contribution >= 4 is 17.5 Å². The molecule has 0 saturated heterocycles. The van der Waals surface area contributed by atoms with Crippen LogP contribution in [0.25, 0.3) is 0 Å². The van der Waals surface area contributed by atoms with Gasteiger partial charge in [-0.3, -0.25) is 0 Å². The van der Waals surface area contributed by atoms with E-state index in [2.05, 4.69) is 25.4 Å². The van der Waals surface area contributed by atoms with Crippen LogP contribution in [-0.4, -0.2) is 26.7 Å². The molecule has 2 aromatic heterocycles. The summed E-state index contributed by atoms with van der Waals surface area (Å²) in [6, 6.07) is 1.92. The number of anilines is 1. The lowest BCUT2D eigenvalue weighted by atomic mass is 10.4. The van der Waals surface area contributed by atoms with Crippen molar-refractivity contribution in [2.45, 2.75) is 13.5 Å². The number of aromatic nitrogens is 4. The maximum absolute atomic E-state index is 5.73. The first-order valence-electron chi connectivity index (χ1n) is 4.95. The number of ether oxygens (including phenoxy) is 1. The summed E-state index contributed by atoms with van der Waals surface area (Å²) >= 11 is 5.73. The van der Waals surface area contributed by atoms with Crippen molar-refractivity contribution in [1.82, 2.24) is 20.1 Å². The molecular weight excluding hydrogens is 246 g/mol. The van der Waals surface area contributed by atoms with Gasteiger partial charge < -0.3 is 14.6 Å². The quantitative estimate of drug-likeness (QED) is 0.867. The zero-order chi connectivity index (χ0) is 12.1. The van der Waals surface area contributed by atoms with Gasteiger partial charge in [0, 0.05) is 6.07 Å². The van der Waals surface area contributed by atoms with E-state index in [1.165, 1.54) is 0 Å². The number of halogens is 1. The van der Waals surface area contributed by atoms with E-state index in [1.54, 1.807) is 12.3 Å². The van der Waals surface area contributed by atoms with Gasteiger partial charge >= 0.3 is 6.01 Å². The van der Waals surface area contributed by atoms with Gasteiger partial charge in [0.1, 0.15) is 0 Å². The van der Waals surface area contributed by atoms with Crippen LogP contribution in [0.2, 0.25) is 5.28 Å². The Hall–Kier alpha value is -1.89. The highest BCUT2D eigenvalue weighted by molar-refractivity contribution is 6.28. The molecule has 0 fully saturated rings. The zero-order valence-corrected chi connectivity index (χ0v) is 9.81. The highest BCUT2D eigenvalue weighted by Gasteiger charge is 2.06. The first-order chi connectivity index (χ1) is 8.28. The van der Waals surface area contributed by atoms with E-state index < -0.39 is 0 Å². The summed E-state index contributed by atoms with van der Waals surface area (Å²) in [6.45, 7) is 2.70. The van der Waals surface area contributed by atoms with Crippen LogP contribution in [-0.2, 0) is 6.54 Å². The first-order valence-corrected chi connectivity index (χ1v) is 5.33. The van der Waals surface area contributed by atoms with Gasteiger partial charge in [-0.15, -0.1) is 0 Å². The summed E-state index contributed by atoms with van der Waals surface area (Å²) in [5, 5.41) is 6.58. The van der Waals surface area contributed by atoms with Gasteiger partial charge in [-0.25, -0.2) is 0 Å². The Labute approximate surface area is 102 Å². The monoisotopic (exact) mass is 255 g/mol. The maximum Gasteiger partial charge on any atom is 0.322 e. The van der Waals surface area contributed by atoms with Gasteiger partial charge in [-0.2, -0.15) is 15.0 Å². The van der Waals surface area contributed by atoms with Crippen molar-refractivity contribution in [2.75, 3.05) is 11.9 Å². The number of hydrogen-bond donors (Lipinski definition) is 1. The maximum atomic E-state index is 5.73. The summed E-state index contributed by atoms with van der Waals surface area (Å²) in [7, 11) is 0. The third-order valence-corrected chi connectivity index (χ3v) is 1.94. The number of hydrogen-bond acceptors (Lipinski definition) is 7. The Morgan fingerprint density at radius 2 is 2.29 bits per heavy atom. The normalized spacial score (nSPS) is 10.2. The van der Waals surface area contributed by atoms with E-state index in [0.717, 1.165) is 0 Å². The smallest absolute Gasteiger partial charge is 0.322 e. The Balaban J connectivity index is 2.04. The minimum atomic E-state index is 0.0727. The van der Waals surface area contributed by atoms with Crippen LogP contribution in [0.5, 0.6) is 6.01 Å². The first kappa shape index (κ1) is 11.6. The van der Waals surface area contributed by atoms with E-state index in [1.807, 2.05) is 6.92 Å². The second-order valence-electron chi connectivity index (χ2n) is 2.98. The van der Waals surface area contributed by atoms with Crippen LogP contribution >= 0.6 is 11.6 Å². The van der Waals surface area contributed by atoms with E-state index in [-0.39, 0.29) is 11.3 Å². The molecular formula is C9H10ClN5O2. The van der Waals surface area contributed by atoms with Crippen LogP contribution < -0.4 is 10.1 Å². The van der Waals surface area contributed by atoms with Gasteiger partial charge in [0.05, 0.1) is 19.3 Å². The number of rotatable bonds is 5. The van der Waals surface area contributed by atoms with Gasteiger partial charge in [-0.1, -0.05) is 5.16 Å². The zero-order valence-electron chi connectivity index (χ0n) is 9.05. The molecule has 8 heteroatoms. The fourth-order valence-corrected chi connectivity index (χ4v) is 1.26. The summed E-state index contributed by atoms with van der Waals surface area (Å²) in [5.74, 6) is 0.990. The average Bonchev–Trinajstić information content (AvgIpc) is 2.79. The van der Waals surface area contributed by atoms with Gasteiger partial charge in [0.25, 0.3) is 0 Å². The van der Waals surface area contributed by atoms with Crippen LogP contribution in [0.15, 0.2) is 16.8 Å². The SMILES string of the molecule is CCOc1nc(Cl)nc(NCc2ccno2)n1. The average molecular weight is 256 g/mol. The van der Waals surface area contributed by atoms with Crippen molar-refractivity contribution in [3.63, 3.8) is 0 Å². The standard InChI is InChI=1S/C9H10ClN5O2/c1-2-16-9-14-7(10)13-8(15-9)11-5-6-3-4-12-17-6/h3-4H,2,5H2,1H3,(H,11,13,14,15). The predicted octanol–water partition coefficient (Wildman–Crippen LogP) is 1.52. The molecule has 0 unspecified atom stereocenters. The van der Waals surface area contributed by atoms with Crippen molar-refractivity contribution in [3.05, 3.63) is 23.3 Å². The van der Waals surface area contributed by atoms with Crippen LogP contribution in [0, 0.1) is 0 Å². The van der Waals surface area contributed by atoms with Gasteiger partial charge in [0.15, 0.2) is 5.76 Å². The Morgan fingerprint density at radius 1 is 1.41 bits per heavy atom. The molecule has 0 atom stereocenters. The van der Waals surface area contributed by atoms with Crippen molar-refractivity contribution < 1.29 is 9.26 Å². The van der Waals surface area contributed by atoms with Crippen molar-refractivity contribution in [3.8, 4) is 6.01 Å². The lowest BCUT2D eigenvalue weighted by Gasteiger charge is -2.05. The van der Waals surface area contributed by atoms with E-state index in [0.29, 0.717) is 24.9 Å². The fourth-order valence-electron chi connectivity index (χ4n) is 1.10. The Kier molecular flexibility index (Phi) is 3.71. The molecule has 0 radical (unpaired) electrons. The summed E-state index contributed by atoms with van der Waals surface area (Å²) in [6.07, 6.45) is 1.56. The second kappa shape index (κ2) is 5.44. The third-order valence-electron chi connectivity index (χ3n) is 1.77. The van der Waals surface area contributed by atoms with E-state index >= 15 is 0 Å². The van der Waals surface area contributed by atoms with Crippen LogP contribution in [0.4, 0.5) is 5.95 Å². The molecule has 0 aliphatic rings. The minimum absolute atomic E-state index is 0.0727. The topological polar surface area (TPSA) is 86.0 Å². The van der Waals surface area contributed by atoms with Crippen molar-refractivity contribution in [2.24, 2.45) is 0 Å². The lowest BCUT2D eigenvalue weighted by Crippen LogP contribution is -2.06. The summed E-state index contributed by atoms with van der Waals surface area (Å²) in [4.78, 5) is 11.7. The predicted molar refractivity (Wildman–Crippen MR) is 59.8 cm³/mol. The Morgan fingerprint density at radius 3 is 3.00 bits per heavy atom. The molecule has 0 saturated carbocycles. The molecule has 0 aromatic carbocycles. The van der Waals surface area contributed by atoms with Gasteiger partial charge in [0.2, 0.25) is 11.2 Å². The largest absolute Gasteiger partial charge is 0.464 e. The third kappa shape index (κ3) is 3.28. The molecule has 90 valence electrons. The van der Waals surface area contributed by atoms with Crippen LogP contribution in [0.3, 0.4) is 0 Å². The van der Waals surface area contributed by atoms with Gasteiger partial charge in [-0.05, 0) is 18.5 Å². The Bertz CT molecular complexity index is 476. The number of nitrogens with zero attached hydrogens (tertiary/aromatic N) is 4. The molecule has 7 nitrogen and oxygen atoms in total. The molecule has 0 aliphatic heterocycles. The summed E-state index contributed by atoms with van der Waals surface area (Å²) < 4.78 is 10.1. The lowest BCUT2D eigenvalue weighted by molar-refractivity contribution is 0.312. The minimum Gasteiger partial charge on any atom is -0.464 e. The van der Waals surface area contributed by atoms with E-state index in [4.69, 9.17) is 20.9 Å². The molecule has 0 amide bonds. The second-order valence-corrected chi connectivity index (χ2v) is 3.31. The molecule has 0 bridgehead atoms. The highest BCUT2D eigenvalue weighted by Crippen LogP contribution is 2.12. The van der Waals surface area contributed by atoms with Crippen LogP contribution in [0.1, 0.15) is 12.7 Å². The number of nitrogens with one attached hydrogen (secondary N) is 1.